The van der Waals surface area contributed by atoms with Crippen LogP contribution in [0.15, 0.2) is 24.3 Å². The van der Waals surface area contributed by atoms with Crippen LogP contribution in [-0.2, 0) is 11.2 Å². The fraction of sp³-hybridized carbons (Fsp3) is 0.562. The molecule has 1 aromatic rings. The standard InChI is InChI=1S/C16H21FN2O/c17-14-5-3-12(4-6-14)10-13-2-1-9-19(11-13)15(20)16(18)7-8-16/h3-6,13H,1-2,7-11,18H2. The minimum Gasteiger partial charge on any atom is -0.341 e. The average molecular weight is 276 g/mol. The number of amides is 1. The molecule has 0 radical (unpaired) electrons. The van der Waals surface area contributed by atoms with Crippen molar-refractivity contribution in [3.63, 3.8) is 0 Å². The van der Waals surface area contributed by atoms with Gasteiger partial charge in [0.25, 0.3) is 0 Å². The molecule has 1 saturated carbocycles. The fourth-order valence-electron chi connectivity index (χ4n) is 3.03. The molecule has 1 aliphatic heterocycles. The SMILES string of the molecule is NC1(C(=O)N2CCCC(Cc3ccc(F)cc3)C2)CC1. The van der Waals surface area contributed by atoms with E-state index in [1.54, 1.807) is 0 Å². The van der Waals surface area contributed by atoms with Gasteiger partial charge in [-0.05, 0) is 55.7 Å². The van der Waals surface area contributed by atoms with Crippen molar-refractivity contribution in [1.82, 2.24) is 4.90 Å². The number of benzene rings is 1. The van der Waals surface area contributed by atoms with Crippen LogP contribution in [0.4, 0.5) is 4.39 Å². The molecular weight excluding hydrogens is 255 g/mol. The summed E-state index contributed by atoms with van der Waals surface area (Å²) in [5.74, 6) is 0.384. The molecule has 3 rings (SSSR count). The van der Waals surface area contributed by atoms with E-state index in [1.165, 1.54) is 12.1 Å². The summed E-state index contributed by atoms with van der Waals surface area (Å²) in [6.45, 7) is 1.62. The average Bonchev–Trinajstić information content (AvgIpc) is 3.20. The lowest BCUT2D eigenvalue weighted by Gasteiger charge is -2.34. The number of hydrogen-bond acceptors (Lipinski definition) is 2. The van der Waals surface area contributed by atoms with Crippen molar-refractivity contribution in [3.05, 3.63) is 35.6 Å². The summed E-state index contributed by atoms with van der Waals surface area (Å²) in [5, 5.41) is 0. The van der Waals surface area contributed by atoms with Gasteiger partial charge in [0.05, 0.1) is 5.54 Å². The second-order valence-electron chi connectivity index (χ2n) is 6.25. The number of likely N-dealkylation sites (tertiary alicyclic amines) is 1. The summed E-state index contributed by atoms with van der Waals surface area (Å²) in [7, 11) is 0. The third kappa shape index (κ3) is 2.85. The predicted molar refractivity (Wildman–Crippen MR) is 75.6 cm³/mol. The Morgan fingerprint density at radius 3 is 2.70 bits per heavy atom. The van der Waals surface area contributed by atoms with Crippen LogP contribution in [0.3, 0.4) is 0 Å². The lowest BCUT2D eigenvalue weighted by atomic mass is 9.91. The van der Waals surface area contributed by atoms with Gasteiger partial charge in [0.2, 0.25) is 5.91 Å². The van der Waals surface area contributed by atoms with Crippen LogP contribution >= 0.6 is 0 Å². The Kier molecular flexibility index (Phi) is 3.50. The normalized spacial score (nSPS) is 24.5. The summed E-state index contributed by atoms with van der Waals surface area (Å²) in [6, 6.07) is 6.67. The van der Waals surface area contributed by atoms with Gasteiger partial charge in [0.15, 0.2) is 0 Å². The number of nitrogens with two attached hydrogens (primary N) is 1. The van der Waals surface area contributed by atoms with E-state index >= 15 is 0 Å². The molecule has 108 valence electrons. The van der Waals surface area contributed by atoms with Crippen molar-refractivity contribution in [2.24, 2.45) is 11.7 Å². The van der Waals surface area contributed by atoms with Gasteiger partial charge in [-0.15, -0.1) is 0 Å². The molecule has 3 nitrogen and oxygen atoms in total. The van der Waals surface area contributed by atoms with E-state index in [9.17, 15) is 9.18 Å². The molecule has 0 aromatic heterocycles. The van der Waals surface area contributed by atoms with Crippen molar-refractivity contribution < 1.29 is 9.18 Å². The highest BCUT2D eigenvalue weighted by Crippen LogP contribution is 2.35. The highest BCUT2D eigenvalue weighted by Gasteiger charge is 2.48. The Labute approximate surface area is 118 Å². The first-order valence-corrected chi connectivity index (χ1v) is 7.39. The monoisotopic (exact) mass is 276 g/mol. The van der Waals surface area contributed by atoms with E-state index in [1.807, 2.05) is 17.0 Å². The van der Waals surface area contributed by atoms with Gasteiger partial charge in [0, 0.05) is 13.1 Å². The Morgan fingerprint density at radius 1 is 1.35 bits per heavy atom. The third-order valence-corrected chi connectivity index (χ3v) is 4.46. The first-order chi connectivity index (χ1) is 9.57. The highest BCUT2D eigenvalue weighted by atomic mass is 19.1. The van der Waals surface area contributed by atoms with E-state index in [4.69, 9.17) is 5.73 Å². The topological polar surface area (TPSA) is 46.3 Å². The first kappa shape index (κ1) is 13.6. The zero-order valence-corrected chi connectivity index (χ0v) is 11.6. The maximum absolute atomic E-state index is 12.9. The van der Waals surface area contributed by atoms with Crippen LogP contribution in [0, 0.1) is 11.7 Å². The Hall–Kier alpha value is -1.42. The summed E-state index contributed by atoms with van der Waals surface area (Å²) in [6.07, 6.45) is 4.71. The van der Waals surface area contributed by atoms with Gasteiger partial charge in [-0.25, -0.2) is 4.39 Å². The molecule has 1 amide bonds. The summed E-state index contributed by atoms with van der Waals surface area (Å²) in [4.78, 5) is 14.2. The second kappa shape index (κ2) is 5.17. The molecular formula is C16H21FN2O. The van der Waals surface area contributed by atoms with Gasteiger partial charge in [-0.3, -0.25) is 4.79 Å². The van der Waals surface area contributed by atoms with E-state index < -0.39 is 5.54 Å². The zero-order valence-electron chi connectivity index (χ0n) is 11.6. The largest absolute Gasteiger partial charge is 0.341 e. The van der Waals surface area contributed by atoms with Gasteiger partial charge in [0.1, 0.15) is 5.82 Å². The number of nitrogens with zero attached hydrogens (tertiary/aromatic N) is 1. The Balaban J connectivity index is 1.60. The molecule has 2 fully saturated rings. The van der Waals surface area contributed by atoms with Crippen LogP contribution in [0.2, 0.25) is 0 Å². The number of carbonyl (C=O) groups is 1. The minimum absolute atomic E-state index is 0.126. The van der Waals surface area contributed by atoms with Crippen LogP contribution in [-0.4, -0.2) is 29.4 Å². The fourth-order valence-corrected chi connectivity index (χ4v) is 3.03. The number of piperidine rings is 1. The van der Waals surface area contributed by atoms with Crippen molar-refractivity contribution in [2.75, 3.05) is 13.1 Å². The molecule has 1 aliphatic carbocycles. The molecule has 1 atom stereocenters. The molecule has 2 N–H and O–H groups in total. The summed E-state index contributed by atoms with van der Waals surface area (Å²) >= 11 is 0. The van der Waals surface area contributed by atoms with Crippen LogP contribution in [0.25, 0.3) is 0 Å². The van der Waals surface area contributed by atoms with E-state index in [0.29, 0.717) is 5.92 Å². The summed E-state index contributed by atoms with van der Waals surface area (Å²) in [5.41, 5.74) is 6.58. The van der Waals surface area contributed by atoms with Crippen LogP contribution < -0.4 is 5.73 Å². The number of carbonyl (C=O) groups excluding carboxylic acids is 1. The van der Waals surface area contributed by atoms with Crippen molar-refractivity contribution in [2.45, 2.75) is 37.6 Å². The minimum atomic E-state index is -0.558. The number of halogens is 1. The van der Waals surface area contributed by atoms with E-state index in [2.05, 4.69) is 0 Å². The van der Waals surface area contributed by atoms with Crippen molar-refractivity contribution in [3.8, 4) is 0 Å². The zero-order chi connectivity index (χ0) is 14.2. The molecule has 20 heavy (non-hydrogen) atoms. The molecule has 1 aromatic carbocycles. The van der Waals surface area contributed by atoms with Gasteiger partial charge in [-0.1, -0.05) is 12.1 Å². The molecule has 1 heterocycles. The van der Waals surface area contributed by atoms with E-state index in [-0.39, 0.29) is 11.7 Å². The maximum Gasteiger partial charge on any atom is 0.242 e. The van der Waals surface area contributed by atoms with Crippen molar-refractivity contribution >= 4 is 5.91 Å². The van der Waals surface area contributed by atoms with Crippen LogP contribution in [0.5, 0.6) is 0 Å². The molecule has 0 bridgehead atoms. The quantitative estimate of drug-likeness (QED) is 0.919. The maximum atomic E-state index is 12.9. The van der Waals surface area contributed by atoms with Crippen LogP contribution in [0.1, 0.15) is 31.2 Å². The summed E-state index contributed by atoms with van der Waals surface area (Å²) < 4.78 is 12.9. The lowest BCUT2D eigenvalue weighted by molar-refractivity contribution is -0.135. The third-order valence-electron chi connectivity index (χ3n) is 4.46. The predicted octanol–water partition coefficient (Wildman–Crippen LogP) is 2.10. The smallest absolute Gasteiger partial charge is 0.242 e. The Bertz CT molecular complexity index is 496. The number of hydrogen-bond donors (Lipinski definition) is 1. The molecule has 0 spiro atoms. The van der Waals surface area contributed by atoms with Crippen molar-refractivity contribution in [1.29, 1.82) is 0 Å². The van der Waals surface area contributed by atoms with Gasteiger partial charge < -0.3 is 10.6 Å². The first-order valence-electron chi connectivity index (χ1n) is 7.39. The number of rotatable bonds is 3. The molecule has 2 aliphatic rings. The Morgan fingerprint density at radius 2 is 2.05 bits per heavy atom. The second-order valence-corrected chi connectivity index (χ2v) is 6.25. The lowest BCUT2D eigenvalue weighted by Crippen LogP contribution is -2.49. The molecule has 4 heteroatoms. The van der Waals surface area contributed by atoms with E-state index in [0.717, 1.165) is 50.8 Å². The molecule has 1 unspecified atom stereocenters. The van der Waals surface area contributed by atoms with Gasteiger partial charge in [-0.2, -0.15) is 0 Å². The highest BCUT2D eigenvalue weighted by molar-refractivity contribution is 5.89. The molecule has 1 saturated heterocycles. The van der Waals surface area contributed by atoms with Gasteiger partial charge >= 0.3 is 0 Å².